The maximum absolute atomic E-state index is 12.6. The van der Waals surface area contributed by atoms with Crippen molar-refractivity contribution in [1.82, 2.24) is 25.1 Å². The fraction of sp³-hybridized carbons (Fsp3) is 0.471. The topological polar surface area (TPSA) is 108 Å². The average Bonchev–Trinajstić information content (AvgIpc) is 3.13. The van der Waals surface area contributed by atoms with E-state index in [4.69, 9.17) is 9.47 Å². The van der Waals surface area contributed by atoms with E-state index in [1.165, 1.54) is 30.3 Å². The van der Waals surface area contributed by atoms with Crippen LogP contribution in [0.25, 0.3) is 0 Å². The van der Waals surface area contributed by atoms with Crippen LogP contribution in [0.1, 0.15) is 38.1 Å². The molecule has 0 aliphatic rings. The first-order valence-corrected chi connectivity index (χ1v) is 8.59. The van der Waals surface area contributed by atoms with Gasteiger partial charge in [0.15, 0.2) is 0 Å². The monoisotopic (exact) mass is 415 g/mol. The second-order valence-electron chi connectivity index (χ2n) is 6.34. The van der Waals surface area contributed by atoms with Gasteiger partial charge in [-0.1, -0.05) is 6.07 Å². The molecular formula is C17H20F3N5O4. The molecule has 0 fully saturated rings. The second-order valence-corrected chi connectivity index (χ2v) is 6.34. The molecular weight excluding hydrogens is 395 g/mol. The summed E-state index contributed by atoms with van der Waals surface area (Å²) < 4.78 is 49.3. The standard InChI is InChI=1S/C17H20F3N5O4/c1-10(2)28-15(26)13(7-25-9-21-8-23-25)29-16(27)24-11(3)12-4-5-14(22-6-12)17(18,19)20/h4-6,8-11,13H,7H2,1-3H3,(H,24,27)/t11-,13-/m1/s1. The van der Waals surface area contributed by atoms with Crippen LogP contribution >= 0.6 is 0 Å². The third kappa shape index (κ3) is 6.73. The summed E-state index contributed by atoms with van der Waals surface area (Å²) in [4.78, 5) is 31.5. The lowest BCUT2D eigenvalue weighted by Crippen LogP contribution is -2.39. The molecule has 2 aromatic rings. The number of amides is 1. The molecule has 9 nitrogen and oxygen atoms in total. The first-order chi connectivity index (χ1) is 13.6. The molecule has 158 valence electrons. The number of alkyl carbamates (subject to hydrolysis) is 1. The van der Waals surface area contributed by atoms with Crippen molar-refractivity contribution >= 4 is 12.1 Å². The Hall–Kier alpha value is -3.18. The van der Waals surface area contributed by atoms with E-state index >= 15 is 0 Å². The molecule has 12 heteroatoms. The number of nitrogens with one attached hydrogen (secondary N) is 1. The van der Waals surface area contributed by atoms with Crippen molar-refractivity contribution < 1.29 is 32.2 Å². The van der Waals surface area contributed by atoms with Crippen LogP contribution in [0.3, 0.4) is 0 Å². The first kappa shape index (κ1) is 22.1. The van der Waals surface area contributed by atoms with Crippen LogP contribution in [-0.2, 0) is 27.0 Å². The van der Waals surface area contributed by atoms with Gasteiger partial charge < -0.3 is 14.8 Å². The van der Waals surface area contributed by atoms with Gasteiger partial charge in [0.1, 0.15) is 18.3 Å². The number of aromatic nitrogens is 4. The lowest BCUT2D eigenvalue weighted by Gasteiger charge is -2.20. The van der Waals surface area contributed by atoms with Crippen molar-refractivity contribution in [3.8, 4) is 0 Å². The molecule has 0 aliphatic heterocycles. The first-order valence-electron chi connectivity index (χ1n) is 8.59. The molecule has 2 rings (SSSR count). The predicted molar refractivity (Wildman–Crippen MR) is 92.3 cm³/mol. The number of alkyl halides is 3. The largest absolute Gasteiger partial charge is 0.460 e. The number of ether oxygens (including phenoxy) is 2. The fourth-order valence-electron chi connectivity index (χ4n) is 2.22. The van der Waals surface area contributed by atoms with E-state index in [0.717, 1.165) is 12.3 Å². The van der Waals surface area contributed by atoms with Gasteiger partial charge in [0.2, 0.25) is 6.10 Å². The maximum Gasteiger partial charge on any atom is 0.433 e. The van der Waals surface area contributed by atoms with Crippen molar-refractivity contribution in [2.24, 2.45) is 0 Å². The van der Waals surface area contributed by atoms with Crippen molar-refractivity contribution in [1.29, 1.82) is 0 Å². The van der Waals surface area contributed by atoms with Gasteiger partial charge in [-0.05, 0) is 32.4 Å². The Morgan fingerprint density at radius 3 is 2.45 bits per heavy atom. The Morgan fingerprint density at radius 1 is 1.21 bits per heavy atom. The van der Waals surface area contributed by atoms with Gasteiger partial charge in [-0.15, -0.1) is 0 Å². The lowest BCUT2D eigenvalue weighted by molar-refractivity contribution is -0.158. The lowest BCUT2D eigenvalue weighted by atomic mass is 10.1. The van der Waals surface area contributed by atoms with Crippen molar-refractivity contribution in [3.63, 3.8) is 0 Å². The van der Waals surface area contributed by atoms with Gasteiger partial charge in [-0.25, -0.2) is 19.3 Å². The Labute approximate surface area is 164 Å². The van der Waals surface area contributed by atoms with Gasteiger partial charge in [0, 0.05) is 6.20 Å². The van der Waals surface area contributed by atoms with E-state index in [-0.39, 0.29) is 6.54 Å². The predicted octanol–water partition coefficient (Wildman–Crippen LogP) is 2.50. The number of halogens is 3. The second kappa shape index (κ2) is 9.34. The molecule has 0 saturated heterocycles. The van der Waals surface area contributed by atoms with Gasteiger partial charge in [-0.2, -0.15) is 18.3 Å². The highest BCUT2D eigenvalue weighted by atomic mass is 19.4. The molecule has 0 unspecified atom stereocenters. The van der Waals surface area contributed by atoms with E-state index in [0.29, 0.717) is 5.56 Å². The fourth-order valence-corrected chi connectivity index (χ4v) is 2.22. The van der Waals surface area contributed by atoms with Gasteiger partial charge in [-0.3, -0.25) is 4.98 Å². The van der Waals surface area contributed by atoms with Crippen LogP contribution in [0.4, 0.5) is 18.0 Å². The molecule has 1 N–H and O–H groups in total. The zero-order chi connectivity index (χ0) is 21.6. The summed E-state index contributed by atoms with van der Waals surface area (Å²) in [7, 11) is 0. The van der Waals surface area contributed by atoms with Gasteiger partial charge in [0.05, 0.1) is 18.7 Å². The minimum Gasteiger partial charge on any atom is -0.460 e. The zero-order valence-corrected chi connectivity index (χ0v) is 15.9. The molecule has 29 heavy (non-hydrogen) atoms. The molecule has 2 heterocycles. The van der Waals surface area contributed by atoms with Crippen LogP contribution < -0.4 is 5.32 Å². The maximum atomic E-state index is 12.6. The summed E-state index contributed by atoms with van der Waals surface area (Å²) in [5, 5.41) is 6.28. The number of nitrogens with zero attached hydrogens (tertiary/aromatic N) is 4. The Morgan fingerprint density at radius 2 is 1.93 bits per heavy atom. The van der Waals surface area contributed by atoms with E-state index in [1.54, 1.807) is 13.8 Å². The Kier molecular flexibility index (Phi) is 7.13. The molecule has 2 atom stereocenters. The van der Waals surface area contributed by atoms with Gasteiger partial charge >= 0.3 is 18.2 Å². The van der Waals surface area contributed by atoms with E-state index in [1.807, 2.05) is 0 Å². The third-order valence-corrected chi connectivity index (χ3v) is 3.59. The smallest absolute Gasteiger partial charge is 0.433 e. The molecule has 0 spiro atoms. The van der Waals surface area contributed by atoms with Crippen LogP contribution in [0, 0.1) is 0 Å². The summed E-state index contributed by atoms with van der Waals surface area (Å²) in [6, 6.07) is 1.29. The number of esters is 1. The quantitative estimate of drug-likeness (QED) is 0.692. The molecule has 0 aromatic carbocycles. The summed E-state index contributed by atoms with van der Waals surface area (Å²) >= 11 is 0. The number of hydrogen-bond acceptors (Lipinski definition) is 7. The van der Waals surface area contributed by atoms with E-state index < -0.39 is 42.2 Å². The van der Waals surface area contributed by atoms with Crippen molar-refractivity contribution in [3.05, 3.63) is 42.2 Å². The number of rotatable bonds is 7. The van der Waals surface area contributed by atoms with Crippen molar-refractivity contribution in [2.75, 3.05) is 0 Å². The Bertz CT molecular complexity index is 809. The van der Waals surface area contributed by atoms with E-state index in [2.05, 4.69) is 20.4 Å². The van der Waals surface area contributed by atoms with Crippen LogP contribution in [0.15, 0.2) is 31.0 Å². The highest BCUT2D eigenvalue weighted by Crippen LogP contribution is 2.27. The van der Waals surface area contributed by atoms with Gasteiger partial charge in [0.25, 0.3) is 0 Å². The summed E-state index contributed by atoms with van der Waals surface area (Å²) in [6.07, 6.45) is -3.63. The summed E-state index contributed by atoms with van der Waals surface area (Å²) in [5.74, 6) is -0.769. The Balaban J connectivity index is 2.01. The SMILES string of the molecule is CC(C)OC(=O)[C@@H](Cn1cncn1)OC(=O)N[C@H](C)c1ccc(C(F)(F)F)nc1. The number of pyridine rings is 1. The molecule has 0 bridgehead atoms. The number of carbonyl (C=O) groups is 2. The van der Waals surface area contributed by atoms with Crippen LogP contribution in [0.5, 0.6) is 0 Å². The van der Waals surface area contributed by atoms with E-state index in [9.17, 15) is 22.8 Å². The zero-order valence-electron chi connectivity index (χ0n) is 15.9. The highest BCUT2D eigenvalue weighted by molar-refractivity contribution is 5.79. The minimum absolute atomic E-state index is 0.116. The summed E-state index contributed by atoms with van der Waals surface area (Å²) in [6.45, 7) is 4.70. The minimum atomic E-state index is -4.56. The highest BCUT2D eigenvalue weighted by Gasteiger charge is 2.32. The molecule has 0 radical (unpaired) electrons. The van der Waals surface area contributed by atoms with Crippen LogP contribution in [-0.4, -0.2) is 44.0 Å². The van der Waals surface area contributed by atoms with Crippen LogP contribution in [0.2, 0.25) is 0 Å². The average molecular weight is 415 g/mol. The number of carbonyl (C=O) groups excluding carboxylic acids is 2. The molecule has 1 amide bonds. The molecule has 0 saturated carbocycles. The molecule has 2 aromatic heterocycles. The normalized spacial score (nSPS) is 13.6. The summed E-state index contributed by atoms with van der Waals surface area (Å²) in [5.41, 5.74) is -0.715. The molecule has 0 aliphatic carbocycles. The van der Waals surface area contributed by atoms with Crippen molar-refractivity contribution in [2.45, 2.75) is 51.7 Å². The third-order valence-electron chi connectivity index (χ3n) is 3.59. The number of hydrogen-bond donors (Lipinski definition) is 1.